The molecule has 104 valence electrons. The summed E-state index contributed by atoms with van der Waals surface area (Å²) in [5.41, 5.74) is 8.31. The van der Waals surface area contributed by atoms with Crippen molar-refractivity contribution in [1.82, 2.24) is 4.90 Å². The smallest absolute Gasteiger partial charge is 0.320 e. The van der Waals surface area contributed by atoms with E-state index in [0.717, 1.165) is 5.56 Å². The van der Waals surface area contributed by atoms with E-state index in [1.165, 1.54) is 5.56 Å². The van der Waals surface area contributed by atoms with Crippen LogP contribution in [0.4, 0.5) is 0 Å². The molecule has 2 unspecified atom stereocenters. The van der Waals surface area contributed by atoms with E-state index in [2.05, 4.69) is 38.1 Å². The van der Waals surface area contributed by atoms with Crippen molar-refractivity contribution in [2.45, 2.75) is 44.8 Å². The molecule has 2 atom stereocenters. The van der Waals surface area contributed by atoms with Gasteiger partial charge in [0, 0.05) is 19.1 Å². The topological polar surface area (TPSA) is 66.6 Å². The van der Waals surface area contributed by atoms with Crippen LogP contribution in [-0.4, -0.2) is 34.6 Å². The van der Waals surface area contributed by atoms with Gasteiger partial charge in [-0.3, -0.25) is 9.69 Å². The lowest BCUT2D eigenvalue weighted by atomic mass is 10.0. The molecule has 19 heavy (non-hydrogen) atoms. The van der Waals surface area contributed by atoms with Crippen molar-refractivity contribution in [2.24, 2.45) is 5.73 Å². The maximum Gasteiger partial charge on any atom is 0.320 e. The molecule has 4 heteroatoms. The van der Waals surface area contributed by atoms with E-state index in [1.807, 2.05) is 4.90 Å². The standard InChI is InChI=1S/C15H22N2O2/c1-10(2)12-5-3-11(4-6-12)8-17-9-13(16)7-14(17)15(18)19/h3-6,10,13-14H,7-9,16H2,1-2H3,(H,18,19). The molecule has 1 fully saturated rings. The molecule has 1 aromatic rings. The first-order chi connectivity index (χ1) is 8.97. The molecule has 0 aliphatic carbocycles. The minimum Gasteiger partial charge on any atom is -0.480 e. The van der Waals surface area contributed by atoms with Crippen LogP contribution in [0.15, 0.2) is 24.3 Å². The van der Waals surface area contributed by atoms with Crippen LogP contribution in [0.3, 0.4) is 0 Å². The maximum absolute atomic E-state index is 11.2. The fraction of sp³-hybridized carbons (Fsp3) is 0.533. The van der Waals surface area contributed by atoms with Crippen molar-refractivity contribution in [1.29, 1.82) is 0 Å². The molecule has 1 aliphatic heterocycles. The minimum atomic E-state index is -0.772. The number of nitrogens with two attached hydrogens (primary N) is 1. The summed E-state index contributed by atoms with van der Waals surface area (Å²) in [6, 6.07) is 7.92. The number of likely N-dealkylation sites (tertiary alicyclic amines) is 1. The van der Waals surface area contributed by atoms with E-state index in [9.17, 15) is 9.90 Å². The highest BCUT2D eigenvalue weighted by molar-refractivity contribution is 5.74. The van der Waals surface area contributed by atoms with Crippen LogP contribution in [-0.2, 0) is 11.3 Å². The second-order valence-electron chi connectivity index (χ2n) is 5.68. The van der Waals surface area contributed by atoms with Crippen molar-refractivity contribution in [3.8, 4) is 0 Å². The SMILES string of the molecule is CC(C)c1ccc(CN2CC(N)CC2C(=O)O)cc1. The first-order valence-corrected chi connectivity index (χ1v) is 6.78. The molecular formula is C15H22N2O2. The summed E-state index contributed by atoms with van der Waals surface area (Å²) in [4.78, 5) is 13.1. The lowest BCUT2D eigenvalue weighted by Gasteiger charge is -2.21. The van der Waals surface area contributed by atoms with Crippen LogP contribution < -0.4 is 5.73 Å². The molecule has 3 N–H and O–H groups in total. The summed E-state index contributed by atoms with van der Waals surface area (Å²) >= 11 is 0. The highest BCUT2D eigenvalue weighted by atomic mass is 16.4. The lowest BCUT2D eigenvalue weighted by Crippen LogP contribution is -2.35. The third-order valence-electron chi connectivity index (χ3n) is 3.75. The Bertz CT molecular complexity index is 442. The summed E-state index contributed by atoms with van der Waals surface area (Å²) in [6.07, 6.45) is 0.541. The number of carboxylic acid groups (broad SMARTS) is 1. The summed E-state index contributed by atoms with van der Waals surface area (Å²) in [6.45, 7) is 5.63. The Morgan fingerprint density at radius 1 is 1.42 bits per heavy atom. The van der Waals surface area contributed by atoms with Crippen molar-refractivity contribution in [3.63, 3.8) is 0 Å². The number of carbonyl (C=O) groups is 1. The van der Waals surface area contributed by atoms with E-state index in [1.54, 1.807) is 0 Å². The van der Waals surface area contributed by atoms with E-state index in [4.69, 9.17) is 5.73 Å². The second kappa shape index (κ2) is 5.72. The Balaban J connectivity index is 2.05. The van der Waals surface area contributed by atoms with E-state index >= 15 is 0 Å². The number of nitrogens with zero attached hydrogens (tertiary/aromatic N) is 1. The van der Waals surface area contributed by atoms with Gasteiger partial charge < -0.3 is 10.8 Å². The van der Waals surface area contributed by atoms with Gasteiger partial charge in [0.15, 0.2) is 0 Å². The van der Waals surface area contributed by atoms with Crippen LogP contribution in [0.25, 0.3) is 0 Å². The minimum absolute atomic E-state index is 0.0314. The Hall–Kier alpha value is -1.39. The van der Waals surface area contributed by atoms with E-state index in [-0.39, 0.29) is 6.04 Å². The molecule has 2 rings (SSSR count). The van der Waals surface area contributed by atoms with Gasteiger partial charge in [-0.2, -0.15) is 0 Å². The molecule has 0 aromatic heterocycles. The quantitative estimate of drug-likeness (QED) is 0.868. The predicted octanol–water partition coefficient (Wildman–Crippen LogP) is 1.80. The van der Waals surface area contributed by atoms with Gasteiger partial charge in [0.1, 0.15) is 6.04 Å². The van der Waals surface area contributed by atoms with Gasteiger partial charge in [-0.05, 0) is 23.5 Å². The third kappa shape index (κ3) is 3.33. The average molecular weight is 262 g/mol. The predicted molar refractivity (Wildman–Crippen MR) is 75.0 cm³/mol. The Labute approximate surface area is 114 Å². The van der Waals surface area contributed by atoms with E-state index < -0.39 is 12.0 Å². The number of carboxylic acids is 1. The van der Waals surface area contributed by atoms with Crippen molar-refractivity contribution in [2.75, 3.05) is 6.54 Å². The van der Waals surface area contributed by atoms with Crippen LogP contribution in [0.1, 0.15) is 37.3 Å². The average Bonchev–Trinajstić information content (AvgIpc) is 2.71. The van der Waals surface area contributed by atoms with Crippen molar-refractivity contribution < 1.29 is 9.90 Å². The Morgan fingerprint density at radius 3 is 2.58 bits per heavy atom. The lowest BCUT2D eigenvalue weighted by molar-refractivity contribution is -0.142. The van der Waals surface area contributed by atoms with Gasteiger partial charge in [0.05, 0.1) is 0 Å². The van der Waals surface area contributed by atoms with Gasteiger partial charge in [-0.15, -0.1) is 0 Å². The Kier molecular flexibility index (Phi) is 4.22. The van der Waals surface area contributed by atoms with Crippen molar-refractivity contribution in [3.05, 3.63) is 35.4 Å². The molecule has 0 spiro atoms. The molecule has 0 amide bonds. The summed E-state index contributed by atoms with van der Waals surface area (Å²) in [7, 11) is 0. The summed E-state index contributed by atoms with van der Waals surface area (Å²) in [5, 5.41) is 9.20. The molecule has 0 radical (unpaired) electrons. The van der Waals surface area contributed by atoms with Gasteiger partial charge in [0.2, 0.25) is 0 Å². The van der Waals surface area contributed by atoms with Gasteiger partial charge in [-0.25, -0.2) is 0 Å². The molecule has 1 heterocycles. The zero-order chi connectivity index (χ0) is 14.0. The molecular weight excluding hydrogens is 240 g/mol. The largest absolute Gasteiger partial charge is 0.480 e. The summed E-state index contributed by atoms with van der Waals surface area (Å²) < 4.78 is 0. The van der Waals surface area contributed by atoms with Gasteiger partial charge in [-0.1, -0.05) is 38.1 Å². The van der Waals surface area contributed by atoms with E-state index in [0.29, 0.717) is 25.4 Å². The molecule has 1 aromatic carbocycles. The van der Waals surface area contributed by atoms with Gasteiger partial charge in [0.25, 0.3) is 0 Å². The molecule has 1 aliphatic rings. The molecule has 1 saturated heterocycles. The monoisotopic (exact) mass is 262 g/mol. The number of aliphatic carboxylic acids is 1. The zero-order valence-corrected chi connectivity index (χ0v) is 11.5. The maximum atomic E-state index is 11.2. The summed E-state index contributed by atoms with van der Waals surface area (Å²) in [5.74, 6) is -0.257. The number of benzene rings is 1. The van der Waals surface area contributed by atoms with Crippen LogP contribution in [0.2, 0.25) is 0 Å². The van der Waals surface area contributed by atoms with Gasteiger partial charge >= 0.3 is 5.97 Å². The fourth-order valence-electron chi connectivity index (χ4n) is 2.61. The first kappa shape index (κ1) is 14.0. The number of hydrogen-bond acceptors (Lipinski definition) is 3. The van der Waals surface area contributed by atoms with Crippen LogP contribution in [0, 0.1) is 0 Å². The van der Waals surface area contributed by atoms with Crippen LogP contribution in [0.5, 0.6) is 0 Å². The van der Waals surface area contributed by atoms with Crippen molar-refractivity contribution >= 4 is 5.97 Å². The highest BCUT2D eigenvalue weighted by Crippen LogP contribution is 2.21. The Morgan fingerprint density at radius 2 is 2.05 bits per heavy atom. The fourth-order valence-corrected chi connectivity index (χ4v) is 2.61. The second-order valence-corrected chi connectivity index (χ2v) is 5.68. The zero-order valence-electron chi connectivity index (χ0n) is 11.5. The molecule has 0 bridgehead atoms. The number of hydrogen-bond donors (Lipinski definition) is 2. The molecule has 0 saturated carbocycles. The normalized spacial score (nSPS) is 24.0. The third-order valence-corrected chi connectivity index (χ3v) is 3.75. The highest BCUT2D eigenvalue weighted by Gasteiger charge is 2.34. The first-order valence-electron chi connectivity index (χ1n) is 6.78. The molecule has 4 nitrogen and oxygen atoms in total. The number of rotatable bonds is 4. The van der Waals surface area contributed by atoms with Crippen LogP contribution >= 0.6 is 0 Å².